The van der Waals surface area contributed by atoms with E-state index >= 15 is 0 Å². The highest BCUT2D eigenvalue weighted by Gasteiger charge is 2.13. The molecule has 0 radical (unpaired) electrons. The fraction of sp³-hybridized carbons (Fsp3) is 0.836. The molecule has 0 aliphatic carbocycles. The van der Waals surface area contributed by atoms with Crippen LogP contribution in [0.1, 0.15) is 271 Å². The molecular formula is C55H102O4. The molecule has 1 N–H and O–H groups in total. The number of hydrogen-bond donors (Lipinski definition) is 1. The van der Waals surface area contributed by atoms with Crippen LogP contribution < -0.4 is 0 Å². The lowest BCUT2D eigenvalue weighted by Crippen LogP contribution is -2.27. The zero-order chi connectivity index (χ0) is 42.6. The number of ether oxygens (including phenoxy) is 2. The second-order valence-electron chi connectivity index (χ2n) is 17.6. The van der Waals surface area contributed by atoms with Gasteiger partial charge in [-0.05, 0) is 77.0 Å². The molecule has 0 bridgehead atoms. The van der Waals surface area contributed by atoms with E-state index in [1.54, 1.807) is 0 Å². The molecule has 0 aliphatic rings. The summed E-state index contributed by atoms with van der Waals surface area (Å²) in [7, 11) is 0. The molecule has 59 heavy (non-hydrogen) atoms. The topological polar surface area (TPSA) is 55.8 Å². The number of allylic oxidation sites excluding steroid dienone is 8. The normalized spacial score (nSPS) is 12.7. The van der Waals surface area contributed by atoms with E-state index in [0.29, 0.717) is 19.6 Å². The molecule has 0 aromatic heterocycles. The van der Waals surface area contributed by atoms with E-state index in [1.165, 1.54) is 218 Å². The van der Waals surface area contributed by atoms with Crippen LogP contribution in [0.15, 0.2) is 48.6 Å². The number of aliphatic hydroxyl groups is 1. The average molecular weight is 827 g/mol. The maximum atomic E-state index is 12.3. The second kappa shape index (κ2) is 52.5. The van der Waals surface area contributed by atoms with Crippen LogP contribution >= 0.6 is 0 Å². The Labute approximate surface area is 369 Å². The Bertz CT molecular complexity index is 920. The molecule has 0 spiro atoms. The smallest absolute Gasteiger partial charge is 0.306 e. The maximum absolute atomic E-state index is 12.3. The highest BCUT2D eigenvalue weighted by atomic mass is 16.6. The van der Waals surface area contributed by atoms with Gasteiger partial charge >= 0.3 is 5.97 Å². The summed E-state index contributed by atoms with van der Waals surface area (Å²) in [6, 6.07) is 0. The third-order valence-electron chi connectivity index (χ3n) is 11.6. The molecule has 0 amide bonds. The van der Waals surface area contributed by atoms with Gasteiger partial charge in [-0.1, -0.05) is 236 Å². The summed E-state index contributed by atoms with van der Waals surface area (Å²) in [5.41, 5.74) is 0. The molecule has 346 valence electrons. The third-order valence-corrected chi connectivity index (χ3v) is 11.6. The van der Waals surface area contributed by atoms with Crippen LogP contribution in [-0.4, -0.2) is 37.0 Å². The zero-order valence-corrected chi connectivity index (χ0v) is 39.8. The highest BCUT2D eigenvalue weighted by molar-refractivity contribution is 5.69. The van der Waals surface area contributed by atoms with Crippen LogP contribution in [0.5, 0.6) is 0 Å². The van der Waals surface area contributed by atoms with Crippen molar-refractivity contribution in [2.24, 2.45) is 0 Å². The highest BCUT2D eigenvalue weighted by Crippen LogP contribution is 2.15. The lowest BCUT2D eigenvalue weighted by Gasteiger charge is -2.16. The zero-order valence-electron chi connectivity index (χ0n) is 39.8. The van der Waals surface area contributed by atoms with Gasteiger partial charge in [-0.25, -0.2) is 0 Å². The van der Waals surface area contributed by atoms with Crippen molar-refractivity contribution in [1.82, 2.24) is 0 Å². The number of hydrogen-bond acceptors (Lipinski definition) is 4. The van der Waals surface area contributed by atoms with Gasteiger partial charge in [0.25, 0.3) is 0 Å². The van der Waals surface area contributed by atoms with Crippen molar-refractivity contribution in [2.75, 3.05) is 19.8 Å². The summed E-state index contributed by atoms with van der Waals surface area (Å²) >= 11 is 0. The van der Waals surface area contributed by atoms with Crippen LogP contribution in [0.3, 0.4) is 0 Å². The maximum Gasteiger partial charge on any atom is 0.306 e. The van der Waals surface area contributed by atoms with Crippen molar-refractivity contribution in [3.8, 4) is 0 Å². The first-order chi connectivity index (χ1) is 29.2. The molecule has 0 saturated heterocycles. The quantitative estimate of drug-likeness (QED) is 0.0377. The minimum Gasteiger partial charge on any atom is -0.457 e. The van der Waals surface area contributed by atoms with Gasteiger partial charge < -0.3 is 14.6 Å². The molecule has 1 atom stereocenters. The summed E-state index contributed by atoms with van der Waals surface area (Å²) in [6.07, 6.45) is 69.2. The molecule has 0 heterocycles. The number of aliphatic hydroxyl groups excluding tert-OH is 1. The molecule has 0 rings (SSSR count). The Balaban J connectivity index is 3.41. The van der Waals surface area contributed by atoms with Crippen LogP contribution in [0.2, 0.25) is 0 Å². The van der Waals surface area contributed by atoms with Crippen molar-refractivity contribution in [1.29, 1.82) is 0 Å². The van der Waals surface area contributed by atoms with Crippen LogP contribution in [0.4, 0.5) is 0 Å². The molecule has 0 saturated carbocycles. The van der Waals surface area contributed by atoms with Gasteiger partial charge in [0.05, 0.1) is 13.2 Å². The second-order valence-corrected chi connectivity index (χ2v) is 17.6. The lowest BCUT2D eigenvalue weighted by molar-refractivity contribution is -0.154. The number of rotatable bonds is 49. The summed E-state index contributed by atoms with van der Waals surface area (Å²) in [4.78, 5) is 12.3. The summed E-state index contributed by atoms with van der Waals surface area (Å²) in [5.74, 6) is -0.201. The molecular weight excluding hydrogens is 725 g/mol. The minimum atomic E-state index is -0.541. The molecule has 4 heteroatoms. The summed E-state index contributed by atoms with van der Waals surface area (Å²) < 4.78 is 11.2. The van der Waals surface area contributed by atoms with E-state index in [2.05, 4.69) is 62.5 Å². The van der Waals surface area contributed by atoms with Gasteiger partial charge in [0, 0.05) is 13.0 Å². The number of carbonyl (C=O) groups is 1. The van der Waals surface area contributed by atoms with Gasteiger partial charge in [-0.3, -0.25) is 4.79 Å². The van der Waals surface area contributed by atoms with Crippen molar-refractivity contribution < 1.29 is 19.4 Å². The van der Waals surface area contributed by atoms with Gasteiger partial charge in [0.2, 0.25) is 0 Å². The van der Waals surface area contributed by atoms with Crippen LogP contribution in [0.25, 0.3) is 0 Å². The van der Waals surface area contributed by atoms with E-state index in [4.69, 9.17) is 9.47 Å². The van der Waals surface area contributed by atoms with E-state index in [0.717, 1.165) is 32.1 Å². The van der Waals surface area contributed by atoms with Gasteiger partial charge in [-0.15, -0.1) is 0 Å². The van der Waals surface area contributed by atoms with Crippen molar-refractivity contribution in [2.45, 2.75) is 277 Å². The van der Waals surface area contributed by atoms with Crippen LogP contribution in [0, 0.1) is 0 Å². The fourth-order valence-corrected chi connectivity index (χ4v) is 7.69. The fourth-order valence-electron chi connectivity index (χ4n) is 7.69. The summed E-state index contributed by atoms with van der Waals surface area (Å²) in [6.45, 7) is 5.34. The van der Waals surface area contributed by atoms with E-state index < -0.39 is 6.10 Å². The first-order valence-electron chi connectivity index (χ1n) is 26.2. The van der Waals surface area contributed by atoms with Gasteiger partial charge in [0.15, 0.2) is 0 Å². The van der Waals surface area contributed by atoms with Crippen LogP contribution in [-0.2, 0) is 14.3 Å². The molecule has 0 aromatic carbocycles. The average Bonchev–Trinajstić information content (AvgIpc) is 3.24. The van der Waals surface area contributed by atoms with E-state index in [9.17, 15) is 9.90 Å². The molecule has 0 aromatic rings. The van der Waals surface area contributed by atoms with E-state index in [-0.39, 0.29) is 12.6 Å². The Hall–Kier alpha value is -1.65. The summed E-state index contributed by atoms with van der Waals surface area (Å²) in [5, 5.41) is 9.65. The first-order valence-corrected chi connectivity index (χ1v) is 26.2. The first kappa shape index (κ1) is 57.3. The molecule has 1 unspecified atom stereocenters. The van der Waals surface area contributed by atoms with Gasteiger partial charge in [0.1, 0.15) is 6.10 Å². The Morgan fingerprint density at radius 3 is 1.08 bits per heavy atom. The van der Waals surface area contributed by atoms with Crippen molar-refractivity contribution in [3.63, 3.8) is 0 Å². The molecule has 4 nitrogen and oxygen atoms in total. The Morgan fingerprint density at radius 2 is 0.712 bits per heavy atom. The number of unbranched alkanes of at least 4 members (excludes halogenated alkanes) is 33. The Kier molecular flexibility index (Phi) is 51.0. The van der Waals surface area contributed by atoms with Gasteiger partial charge in [-0.2, -0.15) is 0 Å². The van der Waals surface area contributed by atoms with Crippen molar-refractivity contribution in [3.05, 3.63) is 48.6 Å². The monoisotopic (exact) mass is 827 g/mol. The number of carbonyl (C=O) groups excluding carboxylic acids is 1. The lowest BCUT2D eigenvalue weighted by atomic mass is 10.0. The predicted molar refractivity (Wildman–Crippen MR) is 260 cm³/mol. The number of esters is 1. The van der Waals surface area contributed by atoms with E-state index in [1.807, 2.05) is 0 Å². The molecule has 0 aliphatic heterocycles. The third kappa shape index (κ3) is 50.6. The Morgan fingerprint density at radius 1 is 0.407 bits per heavy atom. The SMILES string of the molecule is CCCCCCC/C=C\C/C=C\C/C=C\CCCCCCCCCOCC(CO)OC(=O)CCCCCCCCCCCCCCC/C=C\CCCCCCCCCC. The standard InChI is InChI=1S/C55H102O4/c1-3-5-7-9-11-13-15-17-19-21-23-25-27-28-29-30-32-34-36-38-40-42-44-46-48-50-55(57)59-54(52-56)53-58-51-49-47-45-43-41-39-37-35-33-31-26-24-22-20-18-16-14-12-10-8-6-4-2/h16,18,21-24,31,33,54,56H,3-15,17,19-20,25-30,32,34-53H2,1-2H3/b18-16-,23-21-,24-22-,33-31-. The van der Waals surface area contributed by atoms with Crippen molar-refractivity contribution >= 4 is 5.97 Å². The minimum absolute atomic E-state index is 0.175. The molecule has 0 fully saturated rings. The predicted octanol–water partition coefficient (Wildman–Crippen LogP) is 17.8. The largest absolute Gasteiger partial charge is 0.457 e.